The molecule has 1 aromatic heterocycles. The van der Waals surface area contributed by atoms with E-state index in [1.165, 1.54) is 43.3 Å². The number of anilines is 1. The van der Waals surface area contributed by atoms with E-state index in [0.717, 1.165) is 49.1 Å². The van der Waals surface area contributed by atoms with Crippen LogP contribution < -0.4 is 5.32 Å². The lowest BCUT2D eigenvalue weighted by Crippen LogP contribution is -2.27. The molecule has 1 N–H and O–H groups in total. The summed E-state index contributed by atoms with van der Waals surface area (Å²) >= 11 is 1.40. The number of carbonyl (C=O) groups excluding carboxylic acids is 2. The van der Waals surface area contributed by atoms with Crippen LogP contribution in [0.2, 0.25) is 0 Å². The molecule has 3 rings (SSSR count). The number of rotatable bonds is 8. The molecule has 1 heterocycles. The Morgan fingerprint density at radius 1 is 1.10 bits per heavy atom. The molecular formula is C25H33NO3S. The molecule has 0 atom stereocenters. The zero-order valence-corrected chi connectivity index (χ0v) is 19.1. The number of methoxy groups -OCH3 is 1. The third-order valence-corrected chi connectivity index (χ3v) is 7.17. The number of carbonyl (C=O) groups is 2. The zero-order chi connectivity index (χ0) is 21.5. The highest BCUT2D eigenvalue weighted by Gasteiger charge is 2.28. The van der Waals surface area contributed by atoms with E-state index in [1.54, 1.807) is 0 Å². The first-order valence-electron chi connectivity index (χ1n) is 11.2. The Labute approximate surface area is 184 Å². The van der Waals surface area contributed by atoms with E-state index >= 15 is 0 Å². The van der Waals surface area contributed by atoms with Gasteiger partial charge in [0.05, 0.1) is 7.11 Å². The highest BCUT2D eigenvalue weighted by atomic mass is 32.1. The van der Waals surface area contributed by atoms with Crippen molar-refractivity contribution in [3.8, 4) is 11.1 Å². The highest BCUT2D eigenvalue weighted by molar-refractivity contribution is 7.15. The summed E-state index contributed by atoms with van der Waals surface area (Å²) in [5.41, 5.74) is 3.47. The first-order chi connectivity index (χ1) is 14.6. The molecule has 2 aromatic rings. The van der Waals surface area contributed by atoms with Crippen LogP contribution in [0.15, 0.2) is 29.6 Å². The molecule has 1 aliphatic rings. The summed E-state index contributed by atoms with van der Waals surface area (Å²) in [7, 11) is 1.38. The average Bonchev–Trinajstić information content (AvgIpc) is 3.20. The van der Waals surface area contributed by atoms with Crippen LogP contribution in [0, 0.1) is 11.8 Å². The first kappa shape index (κ1) is 22.5. The van der Waals surface area contributed by atoms with Gasteiger partial charge in [-0.3, -0.25) is 4.79 Å². The van der Waals surface area contributed by atoms with Gasteiger partial charge in [-0.05, 0) is 49.1 Å². The van der Waals surface area contributed by atoms with Gasteiger partial charge in [0.25, 0.3) is 0 Å². The van der Waals surface area contributed by atoms with Gasteiger partial charge in [0.1, 0.15) is 10.6 Å². The standard InChI is InChI=1S/C25H33NO3S/c1-4-6-7-18-10-14-20(15-11-18)23(27)26-24-22(25(28)29-3)21(16-30-24)19-12-8-17(5-2)9-13-19/h8-9,12-13,16,18,20H,4-7,10-11,14-15H2,1-3H3,(H,26,27). The number of amides is 1. The monoisotopic (exact) mass is 427 g/mol. The fourth-order valence-corrected chi connectivity index (χ4v) is 5.27. The molecule has 5 heteroatoms. The van der Waals surface area contributed by atoms with Gasteiger partial charge in [0, 0.05) is 16.9 Å². The van der Waals surface area contributed by atoms with E-state index in [-0.39, 0.29) is 11.8 Å². The summed E-state index contributed by atoms with van der Waals surface area (Å²) in [6.07, 6.45) is 8.88. The molecule has 1 fully saturated rings. The van der Waals surface area contributed by atoms with Crippen LogP contribution in [-0.2, 0) is 16.0 Å². The van der Waals surface area contributed by atoms with Gasteiger partial charge in [-0.2, -0.15) is 0 Å². The molecule has 0 spiro atoms. The number of hydrogen-bond acceptors (Lipinski definition) is 4. The topological polar surface area (TPSA) is 55.4 Å². The van der Waals surface area contributed by atoms with Crippen molar-refractivity contribution >= 4 is 28.2 Å². The Morgan fingerprint density at radius 3 is 2.40 bits per heavy atom. The molecule has 1 saturated carbocycles. The predicted molar refractivity (Wildman–Crippen MR) is 124 cm³/mol. The number of benzene rings is 1. The van der Waals surface area contributed by atoms with Crippen LogP contribution in [0.4, 0.5) is 5.00 Å². The smallest absolute Gasteiger partial charge is 0.341 e. The van der Waals surface area contributed by atoms with Gasteiger partial charge in [0.15, 0.2) is 0 Å². The summed E-state index contributed by atoms with van der Waals surface area (Å²) in [5, 5.41) is 5.57. The maximum absolute atomic E-state index is 12.9. The third kappa shape index (κ3) is 5.31. The maximum atomic E-state index is 12.9. The maximum Gasteiger partial charge on any atom is 0.341 e. The summed E-state index contributed by atoms with van der Waals surface area (Å²) in [4.78, 5) is 25.5. The molecule has 0 saturated heterocycles. The molecule has 30 heavy (non-hydrogen) atoms. The Hall–Kier alpha value is -2.14. The molecule has 4 nitrogen and oxygen atoms in total. The van der Waals surface area contributed by atoms with Crippen molar-refractivity contribution in [1.29, 1.82) is 0 Å². The predicted octanol–water partition coefficient (Wildman–Crippen LogP) is 6.70. The minimum atomic E-state index is -0.413. The molecule has 0 aliphatic heterocycles. The third-order valence-electron chi connectivity index (χ3n) is 6.27. The molecule has 1 amide bonds. The minimum Gasteiger partial charge on any atom is -0.465 e. The van der Waals surface area contributed by atoms with Crippen molar-refractivity contribution in [3.63, 3.8) is 0 Å². The van der Waals surface area contributed by atoms with Crippen LogP contribution in [0.25, 0.3) is 11.1 Å². The summed E-state index contributed by atoms with van der Waals surface area (Å²) in [6, 6.07) is 8.19. The van der Waals surface area contributed by atoms with E-state index in [9.17, 15) is 9.59 Å². The summed E-state index contributed by atoms with van der Waals surface area (Å²) < 4.78 is 5.04. The van der Waals surface area contributed by atoms with E-state index < -0.39 is 5.97 Å². The molecule has 0 radical (unpaired) electrons. The number of unbranched alkanes of at least 4 members (excludes halogenated alkanes) is 1. The van der Waals surface area contributed by atoms with Crippen LogP contribution in [-0.4, -0.2) is 19.0 Å². The summed E-state index contributed by atoms with van der Waals surface area (Å²) in [6.45, 7) is 4.34. The Kier molecular flexibility index (Phi) is 8.08. The molecule has 1 aliphatic carbocycles. The Bertz CT molecular complexity index is 848. The second-order valence-corrected chi connectivity index (χ2v) is 9.12. The van der Waals surface area contributed by atoms with Gasteiger partial charge in [-0.15, -0.1) is 11.3 Å². The number of aryl methyl sites for hydroxylation is 1. The number of nitrogens with one attached hydrogen (secondary N) is 1. The van der Waals surface area contributed by atoms with E-state index in [1.807, 2.05) is 17.5 Å². The normalized spacial score (nSPS) is 18.8. The molecule has 162 valence electrons. The lowest BCUT2D eigenvalue weighted by Gasteiger charge is -2.27. The van der Waals surface area contributed by atoms with E-state index in [2.05, 4.69) is 31.3 Å². The Morgan fingerprint density at radius 2 is 1.80 bits per heavy atom. The number of hydrogen-bond donors (Lipinski definition) is 1. The number of thiophene rings is 1. The van der Waals surface area contributed by atoms with Gasteiger partial charge in [-0.25, -0.2) is 4.79 Å². The van der Waals surface area contributed by atoms with Crippen molar-refractivity contribution in [1.82, 2.24) is 0 Å². The second-order valence-electron chi connectivity index (χ2n) is 8.24. The van der Waals surface area contributed by atoms with Crippen LogP contribution in [0.3, 0.4) is 0 Å². The summed E-state index contributed by atoms with van der Waals surface area (Å²) in [5.74, 6) is 0.412. The van der Waals surface area contributed by atoms with Crippen molar-refractivity contribution in [2.24, 2.45) is 11.8 Å². The lowest BCUT2D eigenvalue weighted by molar-refractivity contribution is -0.121. The van der Waals surface area contributed by atoms with Gasteiger partial charge in [-0.1, -0.05) is 57.4 Å². The number of ether oxygens (including phenoxy) is 1. The number of esters is 1. The average molecular weight is 428 g/mol. The van der Waals surface area contributed by atoms with Crippen molar-refractivity contribution in [2.45, 2.75) is 65.2 Å². The van der Waals surface area contributed by atoms with Crippen LogP contribution in [0.5, 0.6) is 0 Å². The quantitative estimate of drug-likeness (QED) is 0.477. The molecule has 0 unspecified atom stereocenters. The van der Waals surface area contributed by atoms with Crippen LogP contribution in [0.1, 0.15) is 74.7 Å². The second kappa shape index (κ2) is 10.8. The minimum absolute atomic E-state index is 0.0303. The van der Waals surface area contributed by atoms with Crippen molar-refractivity contribution in [3.05, 3.63) is 40.8 Å². The van der Waals surface area contributed by atoms with Gasteiger partial charge in [0.2, 0.25) is 5.91 Å². The lowest BCUT2D eigenvalue weighted by atomic mass is 9.79. The highest BCUT2D eigenvalue weighted by Crippen LogP contribution is 2.38. The first-order valence-corrected chi connectivity index (χ1v) is 12.0. The van der Waals surface area contributed by atoms with E-state index in [0.29, 0.717) is 10.6 Å². The SMILES string of the molecule is CCCCC1CCC(C(=O)Nc2scc(-c3ccc(CC)cc3)c2C(=O)OC)CC1. The van der Waals surface area contributed by atoms with Crippen molar-refractivity contribution in [2.75, 3.05) is 12.4 Å². The molecule has 1 aromatic carbocycles. The molecule has 0 bridgehead atoms. The fraction of sp³-hybridized carbons (Fsp3) is 0.520. The molecular weight excluding hydrogens is 394 g/mol. The zero-order valence-electron chi connectivity index (χ0n) is 18.3. The van der Waals surface area contributed by atoms with Gasteiger partial charge < -0.3 is 10.1 Å². The van der Waals surface area contributed by atoms with E-state index in [4.69, 9.17) is 4.74 Å². The largest absolute Gasteiger partial charge is 0.465 e. The van der Waals surface area contributed by atoms with Gasteiger partial charge >= 0.3 is 5.97 Å². The Balaban J connectivity index is 1.73. The van der Waals surface area contributed by atoms with Crippen LogP contribution >= 0.6 is 11.3 Å². The fourth-order valence-electron chi connectivity index (χ4n) is 4.31. The van der Waals surface area contributed by atoms with Crippen molar-refractivity contribution < 1.29 is 14.3 Å².